The summed E-state index contributed by atoms with van der Waals surface area (Å²) in [4.78, 5) is 0. The summed E-state index contributed by atoms with van der Waals surface area (Å²) in [5, 5.41) is 25.5. The van der Waals surface area contributed by atoms with E-state index in [1.54, 1.807) is 42.2 Å². The van der Waals surface area contributed by atoms with E-state index in [0.29, 0.717) is 27.1 Å². The second-order valence-corrected chi connectivity index (χ2v) is 4.81. The zero-order valence-corrected chi connectivity index (χ0v) is 11.7. The summed E-state index contributed by atoms with van der Waals surface area (Å²) < 4.78 is 15.1. The van der Waals surface area contributed by atoms with Gasteiger partial charge in [-0.05, 0) is 29.8 Å². The summed E-state index contributed by atoms with van der Waals surface area (Å²) in [7, 11) is 1.75. The first-order valence-corrected chi connectivity index (χ1v) is 6.52. The second-order valence-electron chi connectivity index (χ2n) is 4.81. The number of rotatable bonds is 2. The fourth-order valence-electron chi connectivity index (χ4n) is 2.23. The largest absolute Gasteiger partial charge is 0.618 e. The summed E-state index contributed by atoms with van der Waals surface area (Å²) in [6.45, 7) is 0. The monoisotopic (exact) mass is 294 g/mol. The molecule has 2 aromatic heterocycles. The number of aryl methyl sites for hydroxylation is 1. The number of halogens is 1. The molecule has 0 atom stereocenters. The van der Waals surface area contributed by atoms with Crippen molar-refractivity contribution in [3.63, 3.8) is 0 Å². The van der Waals surface area contributed by atoms with Crippen LogP contribution in [0.2, 0.25) is 0 Å². The van der Waals surface area contributed by atoms with Crippen LogP contribution in [-0.4, -0.2) is 9.78 Å². The lowest BCUT2D eigenvalue weighted by molar-refractivity contribution is -0.607. The van der Waals surface area contributed by atoms with Crippen LogP contribution in [0, 0.1) is 22.4 Å². The maximum absolute atomic E-state index is 13.0. The molecule has 1 aromatic carbocycles. The van der Waals surface area contributed by atoms with Gasteiger partial charge in [-0.1, -0.05) is 12.1 Å². The van der Waals surface area contributed by atoms with E-state index in [4.69, 9.17) is 0 Å². The van der Waals surface area contributed by atoms with Crippen molar-refractivity contribution in [2.24, 2.45) is 7.05 Å². The molecule has 0 saturated carbocycles. The average molecular weight is 294 g/mol. The highest BCUT2D eigenvalue weighted by Gasteiger charge is 2.18. The Labute approximate surface area is 126 Å². The number of benzene rings is 1. The van der Waals surface area contributed by atoms with E-state index in [0.717, 1.165) is 0 Å². The molecule has 0 bridgehead atoms. The van der Waals surface area contributed by atoms with Gasteiger partial charge in [0.1, 0.15) is 5.82 Å². The molecule has 0 unspecified atom stereocenters. The SMILES string of the molecule is Cn1ccc(-c2cc(-c3ccc(F)cc3)c[n+]([O-])c2C#N)n1. The third-order valence-electron chi connectivity index (χ3n) is 3.30. The standard InChI is InChI=1S/C16H11FN4O/c1-20-7-6-15(19-20)14-8-12(10-21(22)16(14)9-18)11-2-4-13(17)5-3-11/h2-8,10H,1H3. The first-order valence-electron chi connectivity index (χ1n) is 6.52. The number of hydrogen-bond donors (Lipinski definition) is 0. The lowest BCUT2D eigenvalue weighted by atomic mass is 10.0. The first kappa shape index (κ1) is 13.8. The minimum Gasteiger partial charge on any atom is -0.618 e. The molecule has 5 nitrogen and oxygen atoms in total. The molecule has 3 aromatic rings. The van der Waals surface area contributed by atoms with E-state index in [1.165, 1.54) is 18.3 Å². The van der Waals surface area contributed by atoms with E-state index in [2.05, 4.69) is 5.10 Å². The van der Waals surface area contributed by atoms with Crippen molar-refractivity contribution in [3.05, 3.63) is 65.5 Å². The van der Waals surface area contributed by atoms with E-state index >= 15 is 0 Å². The van der Waals surface area contributed by atoms with Crippen molar-refractivity contribution >= 4 is 0 Å². The van der Waals surface area contributed by atoms with Crippen molar-refractivity contribution < 1.29 is 9.12 Å². The van der Waals surface area contributed by atoms with Crippen LogP contribution in [0.5, 0.6) is 0 Å². The van der Waals surface area contributed by atoms with Crippen LogP contribution in [0.25, 0.3) is 22.4 Å². The minimum atomic E-state index is -0.350. The van der Waals surface area contributed by atoms with E-state index in [1.807, 2.05) is 6.07 Å². The van der Waals surface area contributed by atoms with Crippen LogP contribution in [0.4, 0.5) is 4.39 Å². The number of hydrogen-bond acceptors (Lipinski definition) is 3. The van der Waals surface area contributed by atoms with Gasteiger partial charge >= 0.3 is 5.69 Å². The van der Waals surface area contributed by atoms with Crippen molar-refractivity contribution in [1.82, 2.24) is 9.78 Å². The van der Waals surface area contributed by atoms with Gasteiger partial charge in [-0.2, -0.15) is 15.1 Å². The number of aromatic nitrogens is 3. The van der Waals surface area contributed by atoms with Crippen molar-refractivity contribution in [3.8, 4) is 28.5 Å². The second kappa shape index (κ2) is 5.30. The van der Waals surface area contributed by atoms with E-state index in [9.17, 15) is 14.9 Å². The van der Waals surface area contributed by atoms with Gasteiger partial charge in [-0.15, -0.1) is 0 Å². The smallest absolute Gasteiger partial charge is 0.304 e. The molecule has 0 N–H and O–H groups in total. The molecule has 0 aliphatic carbocycles. The summed E-state index contributed by atoms with van der Waals surface area (Å²) in [5.74, 6) is -0.350. The topological polar surface area (TPSA) is 68.5 Å². The minimum absolute atomic E-state index is 0.0236. The third-order valence-corrected chi connectivity index (χ3v) is 3.30. The summed E-state index contributed by atoms with van der Waals surface area (Å²) in [6, 6.07) is 11.1. The molecule has 6 heteroatoms. The quantitative estimate of drug-likeness (QED) is 0.538. The van der Waals surface area contributed by atoms with Crippen LogP contribution in [-0.2, 0) is 7.05 Å². The highest BCUT2D eigenvalue weighted by atomic mass is 19.1. The van der Waals surface area contributed by atoms with Gasteiger partial charge in [0.15, 0.2) is 12.3 Å². The Balaban J connectivity index is 2.20. The molecule has 2 heterocycles. The first-order chi connectivity index (χ1) is 10.6. The Kier molecular flexibility index (Phi) is 3.31. The Morgan fingerprint density at radius 2 is 1.95 bits per heavy atom. The number of nitrogens with zero attached hydrogens (tertiary/aromatic N) is 4. The molecular weight excluding hydrogens is 283 g/mol. The molecule has 0 radical (unpaired) electrons. The lowest BCUT2D eigenvalue weighted by Gasteiger charge is -2.07. The molecule has 0 fully saturated rings. The van der Waals surface area contributed by atoms with E-state index < -0.39 is 0 Å². The molecule has 0 spiro atoms. The third kappa shape index (κ3) is 2.40. The Bertz CT molecular complexity index is 878. The zero-order valence-electron chi connectivity index (χ0n) is 11.7. The zero-order chi connectivity index (χ0) is 15.7. The van der Waals surface area contributed by atoms with Gasteiger partial charge in [-0.3, -0.25) is 4.68 Å². The fourth-order valence-corrected chi connectivity index (χ4v) is 2.23. The van der Waals surface area contributed by atoms with Crippen LogP contribution >= 0.6 is 0 Å². The van der Waals surface area contributed by atoms with Gasteiger partial charge in [0.25, 0.3) is 0 Å². The maximum atomic E-state index is 13.0. The van der Waals surface area contributed by atoms with Crippen molar-refractivity contribution in [2.75, 3.05) is 0 Å². The summed E-state index contributed by atoms with van der Waals surface area (Å²) in [6.07, 6.45) is 3.04. The van der Waals surface area contributed by atoms with Gasteiger partial charge in [0.2, 0.25) is 0 Å². The predicted molar refractivity (Wildman–Crippen MR) is 77.7 cm³/mol. The van der Waals surface area contributed by atoms with Crippen LogP contribution in [0.15, 0.2) is 48.8 Å². The van der Waals surface area contributed by atoms with Crippen LogP contribution in [0.1, 0.15) is 5.69 Å². The number of pyridine rings is 1. The summed E-state index contributed by atoms with van der Waals surface area (Å²) >= 11 is 0. The lowest BCUT2D eigenvalue weighted by Crippen LogP contribution is -2.31. The molecule has 3 rings (SSSR count). The summed E-state index contributed by atoms with van der Waals surface area (Å²) in [5.41, 5.74) is 2.24. The van der Waals surface area contributed by atoms with Crippen LogP contribution in [0.3, 0.4) is 0 Å². The van der Waals surface area contributed by atoms with Gasteiger partial charge in [0.05, 0.1) is 11.3 Å². The van der Waals surface area contributed by atoms with Gasteiger partial charge in [-0.25, -0.2) is 4.39 Å². The molecule has 0 aliphatic rings. The highest BCUT2D eigenvalue weighted by molar-refractivity contribution is 5.72. The van der Waals surface area contributed by atoms with Crippen LogP contribution < -0.4 is 4.73 Å². The maximum Gasteiger partial charge on any atom is 0.304 e. The fraction of sp³-hybridized carbons (Fsp3) is 0.0625. The molecule has 0 aliphatic heterocycles. The average Bonchev–Trinajstić information content (AvgIpc) is 2.93. The molecule has 0 amide bonds. The normalized spacial score (nSPS) is 10.4. The van der Waals surface area contributed by atoms with Crippen molar-refractivity contribution in [2.45, 2.75) is 0 Å². The van der Waals surface area contributed by atoms with Gasteiger partial charge in [0, 0.05) is 18.8 Å². The molecular formula is C16H11FN4O. The van der Waals surface area contributed by atoms with Gasteiger partial charge < -0.3 is 5.21 Å². The van der Waals surface area contributed by atoms with E-state index in [-0.39, 0.29) is 11.5 Å². The Hall–Kier alpha value is -3.20. The molecule has 22 heavy (non-hydrogen) atoms. The molecule has 108 valence electrons. The predicted octanol–water partition coefficient (Wildman–Crippen LogP) is 2.40. The Morgan fingerprint density at radius 3 is 2.55 bits per heavy atom. The molecule has 0 saturated heterocycles. The number of nitriles is 1. The highest BCUT2D eigenvalue weighted by Crippen LogP contribution is 2.26. The Morgan fingerprint density at radius 1 is 1.23 bits per heavy atom. The van der Waals surface area contributed by atoms with Crippen molar-refractivity contribution in [1.29, 1.82) is 5.26 Å².